The van der Waals surface area contributed by atoms with Crippen molar-refractivity contribution in [3.8, 4) is 5.75 Å². The van der Waals surface area contributed by atoms with E-state index in [0.717, 1.165) is 19.2 Å². The van der Waals surface area contributed by atoms with Crippen LogP contribution in [0.3, 0.4) is 0 Å². The molecule has 0 saturated carbocycles. The predicted octanol–water partition coefficient (Wildman–Crippen LogP) is 0.162. The zero-order valence-corrected chi connectivity index (χ0v) is 11.4. The van der Waals surface area contributed by atoms with Crippen molar-refractivity contribution >= 4 is 20.2 Å². The molecule has 0 heterocycles. The van der Waals surface area contributed by atoms with Crippen LogP contribution in [-0.4, -0.2) is 39.7 Å². The van der Waals surface area contributed by atoms with Crippen LogP contribution in [0.1, 0.15) is 5.56 Å². The first kappa shape index (κ1) is 15.9. The van der Waals surface area contributed by atoms with E-state index in [1.54, 1.807) is 0 Å². The van der Waals surface area contributed by atoms with Crippen LogP contribution in [0.4, 0.5) is 0 Å². The van der Waals surface area contributed by atoms with E-state index in [1.807, 2.05) is 0 Å². The zero-order chi connectivity index (χ0) is 14.8. The molecule has 2 N–H and O–H groups in total. The van der Waals surface area contributed by atoms with E-state index < -0.39 is 42.4 Å². The van der Waals surface area contributed by atoms with Crippen LogP contribution in [0.2, 0.25) is 0 Å². The molecule has 0 bridgehead atoms. The van der Waals surface area contributed by atoms with E-state index in [1.165, 1.54) is 0 Å². The Bertz CT molecular complexity index is 621. The van der Waals surface area contributed by atoms with Crippen molar-refractivity contribution in [2.24, 2.45) is 0 Å². The van der Waals surface area contributed by atoms with Gasteiger partial charge in [0.15, 0.2) is 5.75 Å². The quantitative estimate of drug-likeness (QED) is 0.738. The van der Waals surface area contributed by atoms with Crippen molar-refractivity contribution in [1.29, 1.82) is 0 Å². The molecular weight excluding hydrogens is 300 g/mol. The summed E-state index contributed by atoms with van der Waals surface area (Å²) in [5.41, 5.74) is 0.0380. The molecule has 1 radical (unpaired) electrons. The van der Waals surface area contributed by atoms with Gasteiger partial charge in [0.05, 0.1) is 13.7 Å². The number of hydrogen-bond donors (Lipinski definition) is 2. The van der Waals surface area contributed by atoms with Crippen molar-refractivity contribution in [2.75, 3.05) is 13.7 Å². The molecule has 19 heavy (non-hydrogen) atoms. The monoisotopic (exact) mass is 311 g/mol. The van der Waals surface area contributed by atoms with Crippen LogP contribution in [0.15, 0.2) is 21.9 Å². The van der Waals surface area contributed by atoms with Crippen LogP contribution in [0, 0.1) is 0 Å². The second-order valence-electron chi connectivity index (χ2n) is 3.53. The largest absolute Gasteiger partial charge is 0.494 e. The molecule has 107 valence electrons. The number of methoxy groups -OCH3 is 1. The van der Waals surface area contributed by atoms with Crippen LogP contribution in [-0.2, 0) is 31.8 Å². The van der Waals surface area contributed by atoms with Crippen molar-refractivity contribution in [2.45, 2.75) is 16.2 Å². The molecule has 0 aromatic heterocycles. The Morgan fingerprint density at radius 2 is 1.47 bits per heavy atom. The minimum atomic E-state index is -4.77. The van der Waals surface area contributed by atoms with Gasteiger partial charge >= 0.3 is 0 Å². The van der Waals surface area contributed by atoms with Crippen molar-refractivity contribution in [1.82, 2.24) is 0 Å². The lowest BCUT2D eigenvalue weighted by molar-refractivity contribution is 0.197. The molecule has 0 saturated heterocycles. The average molecular weight is 311 g/mol. The SMILES string of the molecule is COc1c(S(=O)(=O)O)cc(CC[O])cc1S(=O)(=O)O. The molecule has 8 nitrogen and oxygen atoms in total. The van der Waals surface area contributed by atoms with Crippen LogP contribution < -0.4 is 4.74 Å². The lowest BCUT2D eigenvalue weighted by Gasteiger charge is -2.12. The molecule has 0 aliphatic carbocycles. The van der Waals surface area contributed by atoms with Gasteiger partial charge in [-0.15, -0.1) is 0 Å². The maximum Gasteiger partial charge on any atom is 0.298 e. The van der Waals surface area contributed by atoms with Crippen LogP contribution in [0.5, 0.6) is 5.75 Å². The Hall–Kier alpha value is -1.20. The highest BCUT2D eigenvalue weighted by atomic mass is 32.2. The fraction of sp³-hybridized carbons (Fsp3) is 0.333. The third-order valence-corrected chi connectivity index (χ3v) is 3.95. The first-order chi connectivity index (χ1) is 8.61. The molecule has 0 aliphatic rings. The molecule has 0 amide bonds. The van der Waals surface area contributed by atoms with Gasteiger partial charge in [-0.25, -0.2) is 5.11 Å². The highest BCUT2D eigenvalue weighted by Crippen LogP contribution is 2.33. The summed E-state index contributed by atoms with van der Waals surface area (Å²) >= 11 is 0. The summed E-state index contributed by atoms with van der Waals surface area (Å²) in [5, 5.41) is 10.5. The first-order valence-electron chi connectivity index (χ1n) is 4.85. The Balaban J connectivity index is 3.77. The minimum Gasteiger partial charge on any atom is -0.494 e. The molecule has 10 heteroatoms. The van der Waals surface area contributed by atoms with Crippen LogP contribution in [0.25, 0.3) is 0 Å². The molecule has 0 unspecified atom stereocenters. The number of rotatable bonds is 5. The topological polar surface area (TPSA) is 138 Å². The lowest BCUT2D eigenvalue weighted by atomic mass is 10.1. The molecule has 0 atom stereocenters. The standard InChI is InChI=1S/C9H11O8S2/c1-17-9-7(18(11,12)13)4-6(2-3-10)5-8(9)19(14,15)16/h4-5H,2-3H2,1H3,(H,11,12,13)(H,14,15,16). The maximum atomic E-state index is 11.2. The number of benzene rings is 1. The highest BCUT2D eigenvalue weighted by Gasteiger charge is 2.26. The smallest absolute Gasteiger partial charge is 0.298 e. The van der Waals surface area contributed by atoms with Crippen molar-refractivity contribution in [3.05, 3.63) is 17.7 Å². The normalized spacial score (nSPS) is 12.4. The van der Waals surface area contributed by atoms with Gasteiger partial charge in [0.1, 0.15) is 9.79 Å². The minimum absolute atomic E-state index is 0.0380. The molecule has 0 spiro atoms. The summed E-state index contributed by atoms with van der Waals surface area (Å²) in [6.45, 7) is -0.623. The van der Waals surface area contributed by atoms with E-state index in [9.17, 15) is 21.9 Å². The maximum absolute atomic E-state index is 11.2. The van der Waals surface area contributed by atoms with Gasteiger partial charge in [0, 0.05) is 0 Å². The van der Waals surface area contributed by atoms with E-state index in [0.29, 0.717) is 0 Å². The van der Waals surface area contributed by atoms with E-state index in [2.05, 4.69) is 4.74 Å². The third-order valence-electron chi connectivity index (χ3n) is 2.23. The summed E-state index contributed by atoms with van der Waals surface area (Å²) in [7, 11) is -8.57. The van der Waals surface area contributed by atoms with Crippen molar-refractivity contribution in [3.63, 3.8) is 0 Å². The Morgan fingerprint density at radius 1 is 1.05 bits per heavy atom. The Kier molecular flexibility index (Phi) is 4.53. The van der Waals surface area contributed by atoms with Gasteiger partial charge in [-0.3, -0.25) is 9.11 Å². The molecule has 1 aromatic carbocycles. The highest BCUT2D eigenvalue weighted by molar-refractivity contribution is 7.86. The summed E-state index contributed by atoms with van der Waals surface area (Å²) < 4.78 is 67.3. The fourth-order valence-corrected chi connectivity index (χ4v) is 3.00. The van der Waals surface area contributed by atoms with Gasteiger partial charge in [0.25, 0.3) is 20.2 Å². The second-order valence-corrected chi connectivity index (χ2v) is 6.31. The Labute approximate surface area is 110 Å². The van der Waals surface area contributed by atoms with E-state index >= 15 is 0 Å². The zero-order valence-electron chi connectivity index (χ0n) is 9.73. The summed E-state index contributed by atoms with van der Waals surface area (Å²) in [4.78, 5) is -1.65. The van der Waals surface area contributed by atoms with Crippen molar-refractivity contribution < 1.29 is 35.8 Å². The number of hydrogen-bond acceptors (Lipinski definition) is 5. The molecule has 1 aromatic rings. The van der Waals surface area contributed by atoms with E-state index in [4.69, 9.17) is 9.11 Å². The van der Waals surface area contributed by atoms with Gasteiger partial charge in [-0.1, -0.05) is 0 Å². The number of ether oxygens (including phenoxy) is 1. The second kappa shape index (κ2) is 5.43. The molecule has 0 fully saturated rings. The Morgan fingerprint density at radius 3 is 1.74 bits per heavy atom. The average Bonchev–Trinajstić information content (AvgIpc) is 2.26. The molecular formula is C9H11O8S2. The lowest BCUT2D eigenvalue weighted by Crippen LogP contribution is -2.09. The summed E-state index contributed by atoms with van der Waals surface area (Å²) in [6, 6.07) is 1.83. The molecule has 1 rings (SSSR count). The van der Waals surface area contributed by atoms with Gasteiger partial charge in [-0.05, 0) is 24.1 Å². The summed E-state index contributed by atoms with van der Waals surface area (Å²) in [6.07, 6.45) is -0.172. The predicted molar refractivity (Wildman–Crippen MR) is 61.9 cm³/mol. The van der Waals surface area contributed by atoms with E-state index in [-0.39, 0.29) is 12.0 Å². The van der Waals surface area contributed by atoms with Crippen LogP contribution >= 0.6 is 0 Å². The van der Waals surface area contributed by atoms with Gasteiger partial charge < -0.3 is 4.74 Å². The summed E-state index contributed by atoms with van der Waals surface area (Å²) in [5.74, 6) is -0.709. The van der Waals surface area contributed by atoms with Gasteiger partial charge in [-0.2, -0.15) is 16.8 Å². The van der Waals surface area contributed by atoms with Gasteiger partial charge in [0.2, 0.25) is 0 Å². The third kappa shape index (κ3) is 3.64. The first-order valence-corrected chi connectivity index (χ1v) is 7.73. The fourth-order valence-electron chi connectivity index (χ4n) is 1.48. The molecule has 0 aliphatic heterocycles.